The molecule has 0 aromatic carbocycles. The fourth-order valence-electron chi connectivity index (χ4n) is 0.480. The number of aliphatic hydroxyl groups is 1. The molecule has 0 aliphatic rings. The van der Waals surface area contributed by atoms with Gasteiger partial charge in [-0.15, -0.1) is 0 Å². The van der Waals surface area contributed by atoms with Gasteiger partial charge in [-0.2, -0.15) is 0 Å². The first-order chi connectivity index (χ1) is 5.43. The fourth-order valence-corrected chi connectivity index (χ4v) is 0.480. The van der Waals surface area contributed by atoms with E-state index in [2.05, 4.69) is 5.32 Å². The highest BCUT2D eigenvalue weighted by molar-refractivity contribution is 6.59. The van der Waals surface area contributed by atoms with Crippen LogP contribution in [0.4, 0.5) is 0 Å². The molecule has 0 aromatic heterocycles. The summed E-state index contributed by atoms with van der Waals surface area (Å²) in [6, 6.07) is 0. The number of hydrogen-bond donors (Lipinski definition) is 4. The van der Waals surface area contributed by atoms with Crippen molar-refractivity contribution in [2.75, 3.05) is 6.61 Å². The second-order valence-corrected chi connectivity index (χ2v) is 3.05. The second kappa shape index (κ2) is 3.96. The van der Waals surface area contributed by atoms with Crippen LogP contribution in [0, 0.1) is 10.8 Å². The molecule has 1 amide bonds. The highest BCUT2D eigenvalue weighted by Gasteiger charge is 2.20. The molecule has 5 nitrogen and oxygen atoms in total. The molecule has 0 heterocycles. The number of carbonyl (C=O) groups is 1. The molecule has 68 valence electrons. The van der Waals surface area contributed by atoms with Crippen molar-refractivity contribution in [2.45, 2.75) is 19.4 Å². The molecule has 5 heteroatoms. The van der Waals surface area contributed by atoms with Gasteiger partial charge in [-0.05, 0) is 13.8 Å². The van der Waals surface area contributed by atoms with E-state index in [0.29, 0.717) is 6.21 Å². The molecule has 0 spiro atoms. The molecule has 12 heavy (non-hydrogen) atoms. The molecule has 4 N–H and O–H groups in total. The third-order valence-corrected chi connectivity index (χ3v) is 1.24. The molecule has 0 aliphatic carbocycles. The van der Waals surface area contributed by atoms with Crippen LogP contribution in [0.1, 0.15) is 13.8 Å². The molecule has 0 aliphatic heterocycles. The number of carbonyl (C=O) groups excluding carboxylic acids is 1. The lowest BCUT2D eigenvalue weighted by Gasteiger charge is -2.22. The summed E-state index contributed by atoms with van der Waals surface area (Å²) in [7, 11) is 0. The maximum absolute atomic E-state index is 11.0. The van der Waals surface area contributed by atoms with Gasteiger partial charge in [0.2, 0.25) is 0 Å². The van der Waals surface area contributed by atoms with E-state index in [4.69, 9.17) is 15.9 Å². The zero-order valence-electron chi connectivity index (χ0n) is 7.14. The Hall–Kier alpha value is -1.23. The summed E-state index contributed by atoms with van der Waals surface area (Å²) in [5.74, 6) is -0.649. The van der Waals surface area contributed by atoms with Crippen LogP contribution in [-0.4, -0.2) is 35.1 Å². The predicted octanol–water partition coefficient (Wildman–Crippen LogP) is -0.457. The minimum Gasteiger partial charge on any atom is -0.394 e. The van der Waals surface area contributed by atoms with Crippen molar-refractivity contribution in [3.05, 3.63) is 0 Å². The molecular weight excluding hydrogens is 158 g/mol. The molecule has 0 rings (SSSR count). The van der Waals surface area contributed by atoms with E-state index in [1.807, 2.05) is 0 Å². The highest BCUT2D eigenvalue weighted by atomic mass is 16.3. The Morgan fingerprint density at radius 3 is 2.50 bits per heavy atom. The predicted molar refractivity (Wildman–Crippen MR) is 45.8 cm³/mol. The third kappa shape index (κ3) is 3.25. The summed E-state index contributed by atoms with van der Waals surface area (Å²) < 4.78 is 0. The number of nitrogens with one attached hydrogen (secondary N) is 3. The molecule has 0 saturated carbocycles. The van der Waals surface area contributed by atoms with E-state index in [0.717, 1.165) is 0 Å². The lowest BCUT2D eigenvalue weighted by molar-refractivity contribution is -0.116. The quantitative estimate of drug-likeness (QED) is 0.431. The normalized spacial score (nSPS) is 10.6. The third-order valence-electron chi connectivity index (χ3n) is 1.24. The monoisotopic (exact) mass is 171 g/mol. The van der Waals surface area contributed by atoms with Crippen LogP contribution in [0.5, 0.6) is 0 Å². The molecular formula is C7H13N3O2. The first kappa shape index (κ1) is 10.8. The maximum Gasteiger partial charge on any atom is 0.271 e. The van der Waals surface area contributed by atoms with Crippen molar-refractivity contribution < 1.29 is 9.90 Å². The molecule has 0 atom stereocenters. The number of amides is 1. The first-order valence-corrected chi connectivity index (χ1v) is 3.45. The zero-order valence-corrected chi connectivity index (χ0v) is 7.14. The van der Waals surface area contributed by atoms with Crippen molar-refractivity contribution in [3.63, 3.8) is 0 Å². The van der Waals surface area contributed by atoms with Crippen LogP contribution in [0.3, 0.4) is 0 Å². The molecule has 0 fully saturated rings. The van der Waals surface area contributed by atoms with Crippen LogP contribution in [-0.2, 0) is 4.79 Å². The molecule has 0 unspecified atom stereocenters. The summed E-state index contributed by atoms with van der Waals surface area (Å²) in [6.45, 7) is 3.05. The fraction of sp³-hybridized carbons (Fsp3) is 0.571. The Morgan fingerprint density at radius 2 is 2.17 bits per heavy atom. The van der Waals surface area contributed by atoms with Crippen LogP contribution in [0.2, 0.25) is 0 Å². The molecule has 0 bridgehead atoms. The molecule has 0 aromatic rings. The number of rotatable bonds is 4. The standard InChI is InChI=1S/C7H13N3O2/c1-7(2,4-11)10-6(12)5(9)3-8/h3,8-9,11H,4H2,1-2H3,(H,10,12). The van der Waals surface area contributed by atoms with Crippen molar-refractivity contribution in [1.29, 1.82) is 10.8 Å². The van der Waals surface area contributed by atoms with Gasteiger partial charge in [0.15, 0.2) is 0 Å². The van der Waals surface area contributed by atoms with E-state index < -0.39 is 17.2 Å². The van der Waals surface area contributed by atoms with Gasteiger partial charge in [0.25, 0.3) is 5.91 Å². The smallest absolute Gasteiger partial charge is 0.271 e. The van der Waals surface area contributed by atoms with Gasteiger partial charge in [-0.1, -0.05) is 0 Å². The van der Waals surface area contributed by atoms with Crippen LogP contribution >= 0.6 is 0 Å². The highest BCUT2D eigenvalue weighted by Crippen LogP contribution is 1.98. The summed E-state index contributed by atoms with van der Waals surface area (Å²) in [4.78, 5) is 11.0. The maximum atomic E-state index is 11.0. The second-order valence-electron chi connectivity index (χ2n) is 3.05. The van der Waals surface area contributed by atoms with Crippen LogP contribution < -0.4 is 5.32 Å². The van der Waals surface area contributed by atoms with E-state index in [-0.39, 0.29) is 6.61 Å². The van der Waals surface area contributed by atoms with E-state index in [1.165, 1.54) is 0 Å². The van der Waals surface area contributed by atoms with Crippen LogP contribution in [0.15, 0.2) is 0 Å². The molecule has 0 saturated heterocycles. The first-order valence-electron chi connectivity index (χ1n) is 3.45. The van der Waals surface area contributed by atoms with Gasteiger partial charge in [0, 0.05) is 6.21 Å². The topological polar surface area (TPSA) is 97.0 Å². The van der Waals surface area contributed by atoms with E-state index >= 15 is 0 Å². The Morgan fingerprint density at radius 1 is 1.67 bits per heavy atom. The molecule has 0 radical (unpaired) electrons. The SMILES string of the molecule is CC(C)(CO)NC(=O)C(=N)C=N. The van der Waals surface area contributed by atoms with Crippen molar-refractivity contribution >= 4 is 17.8 Å². The van der Waals surface area contributed by atoms with Crippen LogP contribution in [0.25, 0.3) is 0 Å². The van der Waals surface area contributed by atoms with Gasteiger partial charge in [0.1, 0.15) is 5.71 Å². The van der Waals surface area contributed by atoms with Crippen molar-refractivity contribution in [3.8, 4) is 0 Å². The summed E-state index contributed by atoms with van der Waals surface area (Å²) in [5.41, 5.74) is -1.16. The van der Waals surface area contributed by atoms with E-state index in [1.54, 1.807) is 13.8 Å². The van der Waals surface area contributed by atoms with Gasteiger partial charge < -0.3 is 15.8 Å². The lowest BCUT2D eigenvalue weighted by atomic mass is 10.1. The average molecular weight is 171 g/mol. The Bertz CT molecular complexity index is 211. The van der Waals surface area contributed by atoms with Gasteiger partial charge in [-0.3, -0.25) is 10.2 Å². The summed E-state index contributed by atoms with van der Waals surface area (Å²) >= 11 is 0. The summed E-state index contributed by atoms with van der Waals surface area (Å²) in [5, 5.41) is 24.7. The minimum absolute atomic E-state index is 0.204. The minimum atomic E-state index is -0.744. The Kier molecular flexibility index (Phi) is 3.56. The Balaban J connectivity index is 4.18. The summed E-state index contributed by atoms with van der Waals surface area (Å²) in [6.07, 6.45) is 0.656. The van der Waals surface area contributed by atoms with E-state index in [9.17, 15) is 4.79 Å². The van der Waals surface area contributed by atoms with Crippen molar-refractivity contribution in [2.24, 2.45) is 0 Å². The van der Waals surface area contributed by atoms with Gasteiger partial charge >= 0.3 is 0 Å². The zero-order chi connectivity index (χ0) is 9.78. The van der Waals surface area contributed by atoms with Crippen molar-refractivity contribution in [1.82, 2.24) is 5.32 Å². The Labute approximate surface area is 70.8 Å². The van der Waals surface area contributed by atoms with Gasteiger partial charge in [0.05, 0.1) is 12.1 Å². The lowest BCUT2D eigenvalue weighted by Crippen LogP contribution is -2.48. The number of aliphatic hydroxyl groups excluding tert-OH is 1. The number of hydrogen-bond acceptors (Lipinski definition) is 4. The van der Waals surface area contributed by atoms with Gasteiger partial charge in [-0.25, -0.2) is 0 Å². The largest absolute Gasteiger partial charge is 0.394 e. The average Bonchev–Trinajstić information content (AvgIpc) is 2.02.